The molecule has 0 aliphatic rings. The van der Waals surface area contributed by atoms with Gasteiger partial charge in [-0.25, -0.2) is 9.97 Å². The molecule has 0 N–H and O–H groups in total. The Balaban J connectivity index is 2.06. The minimum atomic E-state index is -0.296. The van der Waals surface area contributed by atoms with Crippen molar-refractivity contribution in [1.82, 2.24) is 9.97 Å². The Morgan fingerprint density at radius 1 is 0.773 bits per heavy atom. The molecule has 5 heteroatoms. The number of ketones is 1. The maximum Gasteiger partial charge on any atom is 0.199 e. The number of halogens is 2. The van der Waals surface area contributed by atoms with Gasteiger partial charge in [-0.05, 0) is 0 Å². The van der Waals surface area contributed by atoms with Crippen molar-refractivity contribution in [2.45, 2.75) is 0 Å². The van der Waals surface area contributed by atoms with Gasteiger partial charge in [0.2, 0.25) is 0 Å². The lowest BCUT2D eigenvalue weighted by Crippen LogP contribution is -2.06. The summed E-state index contributed by atoms with van der Waals surface area (Å²) < 4.78 is 0. The molecule has 0 spiro atoms. The van der Waals surface area contributed by atoms with E-state index >= 15 is 0 Å². The highest BCUT2D eigenvalue weighted by Gasteiger charge is 2.20. The fourth-order valence-electron chi connectivity index (χ4n) is 2.05. The number of carbonyl (C=O) groups excluding carboxylic acids is 1. The molecule has 108 valence electrons. The average Bonchev–Trinajstić information content (AvgIpc) is 2.55. The van der Waals surface area contributed by atoms with Crippen molar-refractivity contribution >= 4 is 29.0 Å². The second kappa shape index (κ2) is 6.26. The Morgan fingerprint density at radius 3 is 1.82 bits per heavy atom. The highest BCUT2D eigenvalue weighted by atomic mass is 35.5. The van der Waals surface area contributed by atoms with Crippen LogP contribution in [0.5, 0.6) is 0 Å². The normalized spacial score (nSPS) is 10.5. The quantitative estimate of drug-likeness (QED) is 0.517. The Labute approximate surface area is 137 Å². The molecule has 0 radical (unpaired) electrons. The Morgan fingerprint density at radius 2 is 1.27 bits per heavy atom. The van der Waals surface area contributed by atoms with Crippen LogP contribution >= 0.6 is 23.2 Å². The molecule has 0 aliphatic carbocycles. The van der Waals surface area contributed by atoms with Gasteiger partial charge in [0, 0.05) is 11.1 Å². The number of nitrogens with zero attached hydrogens (tertiary/aromatic N) is 2. The van der Waals surface area contributed by atoms with E-state index in [1.165, 1.54) is 0 Å². The number of rotatable bonds is 3. The average molecular weight is 329 g/mol. The Bertz CT molecular complexity index is 798. The number of benzene rings is 2. The molecular formula is C17H10Cl2N2O. The van der Waals surface area contributed by atoms with Gasteiger partial charge in [0.05, 0.1) is 5.56 Å². The summed E-state index contributed by atoms with van der Waals surface area (Å²) in [6.45, 7) is 0. The molecule has 1 heterocycles. The summed E-state index contributed by atoms with van der Waals surface area (Å²) in [6.07, 6.45) is 0. The third-order valence-electron chi connectivity index (χ3n) is 3.12. The Hall–Kier alpha value is -2.23. The molecule has 3 rings (SSSR count). The van der Waals surface area contributed by atoms with Crippen molar-refractivity contribution in [3.63, 3.8) is 0 Å². The molecule has 22 heavy (non-hydrogen) atoms. The van der Waals surface area contributed by atoms with Gasteiger partial charge in [0.15, 0.2) is 11.6 Å². The van der Waals surface area contributed by atoms with Crippen molar-refractivity contribution in [3.05, 3.63) is 82.1 Å². The molecular weight excluding hydrogens is 319 g/mol. The number of carbonyl (C=O) groups is 1. The van der Waals surface area contributed by atoms with Crippen LogP contribution in [0.4, 0.5) is 0 Å². The first kappa shape index (κ1) is 14.7. The predicted molar refractivity (Wildman–Crippen MR) is 87.4 cm³/mol. The molecule has 0 amide bonds. The number of aromatic nitrogens is 2. The van der Waals surface area contributed by atoms with Crippen molar-refractivity contribution in [2.75, 3.05) is 0 Å². The van der Waals surface area contributed by atoms with Gasteiger partial charge in [-0.3, -0.25) is 4.79 Å². The van der Waals surface area contributed by atoms with E-state index in [-0.39, 0.29) is 21.7 Å². The summed E-state index contributed by atoms with van der Waals surface area (Å²) in [5.74, 6) is 0.0930. The summed E-state index contributed by atoms with van der Waals surface area (Å²) in [5, 5.41) is 0.0976. The molecule has 3 nitrogen and oxygen atoms in total. The lowest BCUT2D eigenvalue weighted by molar-refractivity contribution is 0.103. The lowest BCUT2D eigenvalue weighted by atomic mass is 10.1. The van der Waals surface area contributed by atoms with Crippen LogP contribution < -0.4 is 0 Å². The summed E-state index contributed by atoms with van der Waals surface area (Å²) in [7, 11) is 0. The molecule has 0 aliphatic heterocycles. The third kappa shape index (κ3) is 2.86. The van der Waals surface area contributed by atoms with Crippen LogP contribution in [0.1, 0.15) is 15.9 Å². The SMILES string of the molecule is O=C(c1ccccc1)c1c(Cl)nc(-c2ccccc2)nc1Cl. The van der Waals surface area contributed by atoms with E-state index in [2.05, 4.69) is 9.97 Å². The van der Waals surface area contributed by atoms with E-state index in [4.69, 9.17) is 23.2 Å². The van der Waals surface area contributed by atoms with Gasteiger partial charge in [-0.15, -0.1) is 0 Å². The van der Waals surface area contributed by atoms with Crippen LogP contribution in [-0.4, -0.2) is 15.8 Å². The molecule has 3 aromatic rings. The van der Waals surface area contributed by atoms with Crippen molar-refractivity contribution in [2.24, 2.45) is 0 Å². The first-order chi connectivity index (χ1) is 10.7. The number of hydrogen-bond acceptors (Lipinski definition) is 3. The largest absolute Gasteiger partial charge is 0.288 e. The summed E-state index contributed by atoms with van der Waals surface area (Å²) in [4.78, 5) is 20.9. The highest BCUT2D eigenvalue weighted by molar-refractivity contribution is 6.39. The van der Waals surface area contributed by atoms with Crippen LogP contribution in [0.3, 0.4) is 0 Å². The maximum absolute atomic E-state index is 12.5. The minimum Gasteiger partial charge on any atom is -0.288 e. The zero-order valence-corrected chi connectivity index (χ0v) is 12.8. The third-order valence-corrected chi connectivity index (χ3v) is 3.66. The van der Waals surface area contributed by atoms with Crippen LogP contribution in [0.15, 0.2) is 60.7 Å². The van der Waals surface area contributed by atoms with Gasteiger partial charge in [0.25, 0.3) is 0 Å². The van der Waals surface area contributed by atoms with E-state index in [0.717, 1.165) is 5.56 Å². The summed E-state index contributed by atoms with van der Waals surface area (Å²) in [5.41, 5.74) is 1.39. The first-order valence-electron chi connectivity index (χ1n) is 6.55. The number of hydrogen-bond donors (Lipinski definition) is 0. The molecule has 0 unspecified atom stereocenters. The maximum atomic E-state index is 12.5. The summed E-state index contributed by atoms with van der Waals surface area (Å²) >= 11 is 12.3. The molecule has 2 aromatic carbocycles. The highest BCUT2D eigenvalue weighted by Crippen LogP contribution is 2.27. The monoisotopic (exact) mass is 328 g/mol. The van der Waals surface area contributed by atoms with Gasteiger partial charge in [0.1, 0.15) is 10.3 Å². The molecule has 0 bridgehead atoms. The van der Waals surface area contributed by atoms with E-state index in [0.29, 0.717) is 11.4 Å². The van der Waals surface area contributed by atoms with Gasteiger partial charge < -0.3 is 0 Å². The fraction of sp³-hybridized carbons (Fsp3) is 0. The van der Waals surface area contributed by atoms with Gasteiger partial charge >= 0.3 is 0 Å². The molecule has 0 saturated heterocycles. The van der Waals surface area contributed by atoms with Crippen LogP contribution in [0.25, 0.3) is 11.4 Å². The van der Waals surface area contributed by atoms with Gasteiger partial charge in [-0.2, -0.15) is 0 Å². The van der Waals surface area contributed by atoms with Crippen molar-refractivity contribution in [3.8, 4) is 11.4 Å². The summed E-state index contributed by atoms with van der Waals surface area (Å²) in [6, 6.07) is 18.1. The Kier molecular flexibility index (Phi) is 4.18. The minimum absolute atomic E-state index is 0.0488. The first-order valence-corrected chi connectivity index (χ1v) is 7.30. The van der Waals surface area contributed by atoms with Crippen molar-refractivity contribution < 1.29 is 4.79 Å². The van der Waals surface area contributed by atoms with Crippen LogP contribution in [0.2, 0.25) is 10.3 Å². The zero-order chi connectivity index (χ0) is 15.5. The second-order valence-electron chi connectivity index (χ2n) is 4.57. The standard InChI is InChI=1S/C17H10Cl2N2O/c18-15-13(14(22)11-7-3-1-4-8-11)16(19)21-17(20-15)12-9-5-2-6-10-12/h1-10H. The predicted octanol–water partition coefficient (Wildman–Crippen LogP) is 4.68. The van der Waals surface area contributed by atoms with Gasteiger partial charge in [-0.1, -0.05) is 83.9 Å². The fourth-order valence-corrected chi connectivity index (χ4v) is 2.60. The smallest absolute Gasteiger partial charge is 0.199 e. The lowest BCUT2D eigenvalue weighted by Gasteiger charge is -2.07. The zero-order valence-electron chi connectivity index (χ0n) is 11.3. The van der Waals surface area contributed by atoms with Crippen molar-refractivity contribution in [1.29, 1.82) is 0 Å². The van der Waals surface area contributed by atoms with E-state index in [1.807, 2.05) is 36.4 Å². The van der Waals surface area contributed by atoms with E-state index in [9.17, 15) is 4.79 Å². The second-order valence-corrected chi connectivity index (χ2v) is 5.28. The molecule has 0 saturated carbocycles. The molecule has 1 aromatic heterocycles. The van der Waals surface area contributed by atoms with Crippen LogP contribution in [0, 0.1) is 0 Å². The van der Waals surface area contributed by atoms with E-state index in [1.54, 1.807) is 24.3 Å². The molecule has 0 fully saturated rings. The van der Waals surface area contributed by atoms with E-state index < -0.39 is 0 Å². The molecule has 0 atom stereocenters. The van der Waals surface area contributed by atoms with Crippen LogP contribution in [-0.2, 0) is 0 Å². The topological polar surface area (TPSA) is 42.9 Å².